The first-order valence-corrected chi connectivity index (χ1v) is 7.11. The Labute approximate surface area is 134 Å². The Hall–Kier alpha value is -3.15. The summed E-state index contributed by atoms with van der Waals surface area (Å²) in [6, 6.07) is 12.3. The van der Waals surface area contributed by atoms with Crippen molar-refractivity contribution in [1.82, 2.24) is 15.8 Å². The number of carbonyl (C=O) groups excluding carboxylic acids is 2. The lowest BCUT2D eigenvalue weighted by molar-refractivity contribution is -0.117. The molecule has 0 spiro atoms. The van der Waals surface area contributed by atoms with Gasteiger partial charge in [-0.05, 0) is 42.8 Å². The van der Waals surface area contributed by atoms with Gasteiger partial charge in [-0.15, -0.1) is 0 Å². The smallest absolute Gasteiger partial charge is 0.288 e. The maximum absolute atomic E-state index is 11.7. The Morgan fingerprint density at radius 1 is 1.13 bits per heavy atom. The third-order valence-electron chi connectivity index (χ3n) is 2.82. The highest BCUT2D eigenvalue weighted by atomic mass is 16.5. The second kappa shape index (κ2) is 8.33. The van der Waals surface area contributed by atoms with E-state index >= 15 is 0 Å². The van der Waals surface area contributed by atoms with Crippen molar-refractivity contribution < 1.29 is 14.3 Å². The predicted molar refractivity (Wildman–Crippen MR) is 86.5 cm³/mol. The number of rotatable bonds is 5. The number of nitrogens with zero attached hydrogens (tertiary/aromatic N) is 1. The first-order valence-electron chi connectivity index (χ1n) is 7.11. The SMILES string of the molecule is CCOc1ccc(/C=C/C(=O)NNC(=O)c2ccccn2)cc1. The van der Waals surface area contributed by atoms with Gasteiger partial charge in [0.05, 0.1) is 6.61 Å². The fourth-order valence-electron chi connectivity index (χ4n) is 1.73. The van der Waals surface area contributed by atoms with Gasteiger partial charge in [0, 0.05) is 12.3 Å². The summed E-state index contributed by atoms with van der Waals surface area (Å²) < 4.78 is 5.34. The molecule has 0 fully saturated rings. The molecule has 23 heavy (non-hydrogen) atoms. The van der Waals surface area contributed by atoms with Crippen LogP contribution in [0.15, 0.2) is 54.7 Å². The standard InChI is InChI=1S/C17H17N3O3/c1-2-23-14-9-6-13(7-10-14)8-11-16(21)19-20-17(22)15-5-3-4-12-18-15/h3-12H,2H2,1H3,(H,19,21)(H,20,22)/b11-8+. The number of nitrogens with one attached hydrogen (secondary N) is 2. The van der Waals surface area contributed by atoms with Gasteiger partial charge in [-0.3, -0.25) is 25.4 Å². The van der Waals surface area contributed by atoms with Crippen LogP contribution < -0.4 is 15.6 Å². The van der Waals surface area contributed by atoms with E-state index in [9.17, 15) is 9.59 Å². The summed E-state index contributed by atoms with van der Waals surface area (Å²) in [6.07, 6.45) is 4.47. The monoisotopic (exact) mass is 311 g/mol. The predicted octanol–water partition coefficient (Wildman–Crippen LogP) is 1.95. The fourth-order valence-corrected chi connectivity index (χ4v) is 1.73. The van der Waals surface area contributed by atoms with Gasteiger partial charge in [0.15, 0.2) is 0 Å². The van der Waals surface area contributed by atoms with Gasteiger partial charge in [-0.1, -0.05) is 18.2 Å². The summed E-state index contributed by atoms with van der Waals surface area (Å²) in [7, 11) is 0. The molecule has 0 saturated heterocycles. The van der Waals surface area contributed by atoms with Crippen molar-refractivity contribution >= 4 is 17.9 Å². The lowest BCUT2D eigenvalue weighted by atomic mass is 10.2. The van der Waals surface area contributed by atoms with Crippen molar-refractivity contribution in [1.29, 1.82) is 0 Å². The summed E-state index contributed by atoms with van der Waals surface area (Å²) in [4.78, 5) is 27.2. The molecule has 2 rings (SSSR count). The van der Waals surface area contributed by atoms with Crippen LogP contribution in [0.3, 0.4) is 0 Å². The Bertz CT molecular complexity index is 682. The normalized spacial score (nSPS) is 10.3. The Morgan fingerprint density at radius 2 is 1.91 bits per heavy atom. The van der Waals surface area contributed by atoms with Crippen LogP contribution >= 0.6 is 0 Å². The zero-order valence-corrected chi connectivity index (χ0v) is 12.7. The van der Waals surface area contributed by atoms with Crippen LogP contribution in [0.5, 0.6) is 5.75 Å². The second-order valence-corrected chi connectivity index (χ2v) is 4.49. The fraction of sp³-hybridized carbons (Fsp3) is 0.118. The van der Waals surface area contributed by atoms with Crippen LogP contribution in [0.25, 0.3) is 6.08 Å². The molecule has 0 bridgehead atoms. The van der Waals surface area contributed by atoms with Crippen LogP contribution in [-0.2, 0) is 4.79 Å². The highest BCUT2D eigenvalue weighted by Gasteiger charge is 2.05. The van der Waals surface area contributed by atoms with Crippen LogP contribution in [0.4, 0.5) is 0 Å². The summed E-state index contributed by atoms with van der Waals surface area (Å²) in [5, 5.41) is 0. The van der Waals surface area contributed by atoms with Crippen molar-refractivity contribution in [3.05, 3.63) is 66.0 Å². The number of pyridine rings is 1. The molecule has 2 N–H and O–H groups in total. The largest absolute Gasteiger partial charge is 0.494 e. The average Bonchev–Trinajstić information content (AvgIpc) is 2.60. The van der Waals surface area contributed by atoms with Gasteiger partial charge in [0.2, 0.25) is 0 Å². The van der Waals surface area contributed by atoms with E-state index in [2.05, 4.69) is 15.8 Å². The van der Waals surface area contributed by atoms with Crippen LogP contribution in [0, 0.1) is 0 Å². The third-order valence-corrected chi connectivity index (χ3v) is 2.82. The highest BCUT2D eigenvalue weighted by Crippen LogP contribution is 2.12. The Kier molecular flexibility index (Phi) is 5.88. The van der Waals surface area contributed by atoms with Crippen molar-refractivity contribution in [3.63, 3.8) is 0 Å². The van der Waals surface area contributed by atoms with E-state index in [4.69, 9.17) is 4.74 Å². The molecule has 0 aliphatic rings. The van der Waals surface area contributed by atoms with E-state index < -0.39 is 11.8 Å². The van der Waals surface area contributed by atoms with Crippen LogP contribution in [0.1, 0.15) is 23.0 Å². The molecule has 0 aliphatic carbocycles. The third kappa shape index (κ3) is 5.28. The number of hydrogen-bond donors (Lipinski definition) is 2. The van der Waals surface area contributed by atoms with Gasteiger partial charge in [-0.2, -0.15) is 0 Å². The molecule has 1 heterocycles. The number of carbonyl (C=O) groups is 2. The first-order chi connectivity index (χ1) is 11.2. The Morgan fingerprint density at radius 3 is 2.57 bits per heavy atom. The van der Waals surface area contributed by atoms with E-state index in [0.29, 0.717) is 6.61 Å². The number of hydrazine groups is 1. The molecule has 0 saturated carbocycles. The summed E-state index contributed by atoms with van der Waals surface area (Å²) in [5.74, 6) is -0.145. The van der Waals surface area contributed by atoms with E-state index in [0.717, 1.165) is 11.3 Å². The quantitative estimate of drug-likeness (QED) is 0.653. The number of hydrogen-bond acceptors (Lipinski definition) is 4. The van der Waals surface area contributed by atoms with Crippen molar-refractivity contribution in [2.75, 3.05) is 6.61 Å². The van der Waals surface area contributed by atoms with E-state index in [1.165, 1.54) is 12.3 Å². The summed E-state index contributed by atoms with van der Waals surface area (Å²) >= 11 is 0. The minimum absolute atomic E-state index is 0.225. The molecular formula is C17H17N3O3. The molecule has 0 atom stereocenters. The minimum Gasteiger partial charge on any atom is -0.494 e. The van der Waals surface area contributed by atoms with Crippen molar-refractivity contribution in [3.8, 4) is 5.75 Å². The molecule has 2 aromatic rings. The maximum atomic E-state index is 11.7. The van der Waals surface area contributed by atoms with Gasteiger partial charge in [0.25, 0.3) is 11.8 Å². The lowest BCUT2D eigenvalue weighted by Gasteiger charge is -2.04. The molecular weight excluding hydrogens is 294 g/mol. The molecule has 0 unspecified atom stereocenters. The molecule has 1 aromatic carbocycles. The minimum atomic E-state index is -0.478. The zero-order chi connectivity index (χ0) is 16.5. The van der Waals surface area contributed by atoms with Gasteiger partial charge in [0.1, 0.15) is 11.4 Å². The number of aromatic nitrogens is 1. The van der Waals surface area contributed by atoms with Gasteiger partial charge < -0.3 is 4.74 Å². The molecule has 2 amide bonds. The molecule has 118 valence electrons. The zero-order valence-electron chi connectivity index (χ0n) is 12.7. The molecule has 1 aromatic heterocycles. The maximum Gasteiger partial charge on any atom is 0.288 e. The van der Waals surface area contributed by atoms with Crippen LogP contribution in [-0.4, -0.2) is 23.4 Å². The number of amides is 2. The molecule has 0 radical (unpaired) electrons. The number of benzene rings is 1. The van der Waals surface area contributed by atoms with Gasteiger partial charge >= 0.3 is 0 Å². The first kappa shape index (κ1) is 16.2. The van der Waals surface area contributed by atoms with E-state index in [1.54, 1.807) is 24.3 Å². The summed E-state index contributed by atoms with van der Waals surface area (Å²) in [5.41, 5.74) is 5.65. The topological polar surface area (TPSA) is 80.3 Å². The van der Waals surface area contributed by atoms with Crippen LogP contribution in [0.2, 0.25) is 0 Å². The van der Waals surface area contributed by atoms with Gasteiger partial charge in [-0.25, -0.2) is 0 Å². The van der Waals surface area contributed by atoms with Crippen molar-refractivity contribution in [2.45, 2.75) is 6.92 Å². The molecule has 6 heteroatoms. The molecule has 0 aliphatic heterocycles. The highest BCUT2D eigenvalue weighted by molar-refractivity contribution is 5.96. The Balaban J connectivity index is 1.83. The average molecular weight is 311 g/mol. The second-order valence-electron chi connectivity index (χ2n) is 4.49. The van der Waals surface area contributed by atoms with Crippen molar-refractivity contribution in [2.24, 2.45) is 0 Å². The summed E-state index contributed by atoms with van der Waals surface area (Å²) in [6.45, 7) is 2.52. The van der Waals surface area contributed by atoms with E-state index in [1.807, 2.05) is 31.2 Å². The lowest BCUT2D eigenvalue weighted by Crippen LogP contribution is -2.41. The number of ether oxygens (including phenoxy) is 1. The van der Waals surface area contributed by atoms with E-state index in [-0.39, 0.29) is 5.69 Å². The molecule has 6 nitrogen and oxygen atoms in total.